The lowest BCUT2D eigenvalue weighted by Gasteiger charge is -2.34. The largest absolute Gasteiger partial charge is 0.176 e. The molecule has 0 nitrogen and oxygen atoms in total. The topological polar surface area (TPSA) is 0 Å². The number of rotatable bonds is 2. The number of thiol groups is 1. The molecule has 3 unspecified atom stereocenters. The van der Waals surface area contributed by atoms with Crippen LogP contribution in [0.4, 0.5) is 0 Å². The summed E-state index contributed by atoms with van der Waals surface area (Å²) in [5.74, 6) is 1.98. The first-order chi connectivity index (χ1) is 4.20. The Hall–Kier alpha value is 0.350. The number of hydrogen-bond donors (Lipinski definition) is 1. The normalized spacial score (nSPS) is 37.7. The maximum atomic E-state index is 4.37. The van der Waals surface area contributed by atoms with Crippen molar-refractivity contribution in [3.05, 3.63) is 0 Å². The summed E-state index contributed by atoms with van der Waals surface area (Å²) in [5.41, 5.74) is 0. The third-order valence-corrected chi connectivity index (χ3v) is 2.65. The molecule has 1 rings (SSSR count). The molecule has 0 aliphatic heterocycles. The molecule has 0 amide bonds. The predicted octanol–water partition coefficient (Wildman–Crippen LogP) is 2.74. The van der Waals surface area contributed by atoms with Gasteiger partial charge in [0.1, 0.15) is 0 Å². The van der Waals surface area contributed by atoms with E-state index in [9.17, 15) is 0 Å². The molecule has 0 saturated heterocycles. The minimum atomic E-state index is 0.609. The minimum Gasteiger partial charge on any atom is -0.176 e. The van der Waals surface area contributed by atoms with Gasteiger partial charge in [-0.1, -0.05) is 20.3 Å². The van der Waals surface area contributed by atoms with Crippen LogP contribution in [0.3, 0.4) is 0 Å². The van der Waals surface area contributed by atoms with E-state index in [1.165, 1.54) is 19.3 Å². The molecule has 0 radical (unpaired) electrons. The van der Waals surface area contributed by atoms with Crippen molar-refractivity contribution in [2.75, 3.05) is 0 Å². The number of hydrogen-bond acceptors (Lipinski definition) is 1. The molecule has 0 bridgehead atoms. The van der Waals surface area contributed by atoms with Crippen molar-refractivity contribution in [3.63, 3.8) is 0 Å². The molecular formula is C8H16S. The fourth-order valence-electron chi connectivity index (χ4n) is 1.52. The van der Waals surface area contributed by atoms with Crippen LogP contribution in [0.2, 0.25) is 0 Å². The Labute approximate surface area is 63.4 Å². The van der Waals surface area contributed by atoms with E-state index in [0.717, 1.165) is 11.8 Å². The van der Waals surface area contributed by atoms with Gasteiger partial charge in [0.05, 0.1) is 0 Å². The molecule has 1 fully saturated rings. The zero-order valence-electron chi connectivity index (χ0n) is 6.30. The van der Waals surface area contributed by atoms with Crippen LogP contribution < -0.4 is 0 Å². The van der Waals surface area contributed by atoms with Gasteiger partial charge in [-0.05, 0) is 29.9 Å². The second kappa shape index (κ2) is 2.96. The van der Waals surface area contributed by atoms with E-state index in [1.807, 2.05) is 0 Å². The minimum absolute atomic E-state index is 0.609. The second-order valence-electron chi connectivity index (χ2n) is 3.40. The molecule has 0 aromatic carbocycles. The fraction of sp³-hybridized carbons (Fsp3) is 1.00. The standard InChI is InChI=1S/C8H16S/c1-6-3-4-8(6)5-7(2)9/h6-9H,3-5H2,1-2H3. The van der Waals surface area contributed by atoms with Crippen LogP contribution in [0.5, 0.6) is 0 Å². The molecule has 9 heavy (non-hydrogen) atoms. The third-order valence-electron chi connectivity index (χ3n) is 2.44. The summed E-state index contributed by atoms with van der Waals surface area (Å²) in [7, 11) is 0. The van der Waals surface area contributed by atoms with Gasteiger partial charge in [0.2, 0.25) is 0 Å². The average Bonchev–Trinajstić information content (AvgIpc) is 1.79. The first kappa shape index (κ1) is 7.46. The van der Waals surface area contributed by atoms with Crippen LogP contribution in [-0.2, 0) is 0 Å². The van der Waals surface area contributed by atoms with E-state index in [0.29, 0.717) is 5.25 Å². The first-order valence-corrected chi connectivity index (χ1v) is 4.40. The van der Waals surface area contributed by atoms with Crippen LogP contribution in [0, 0.1) is 11.8 Å². The van der Waals surface area contributed by atoms with Crippen molar-refractivity contribution in [2.45, 2.75) is 38.4 Å². The Balaban J connectivity index is 2.13. The van der Waals surface area contributed by atoms with Crippen molar-refractivity contribution in [2.24, 2.45) is 11.8 Å². The average molecular weight is 144 g/mol. The van der Waals surface area contributed by atoms with Crippen LogP contribution in [0.15, 0.2) is 0 Å². The third kappa shape index (κ3) is 1.89. The quantitative estimate of drug-likeness (QED) is 0.566. The molecule has 0 N–H and O–H groups in total. The van der Waals surface area contributed by atoms with Gasteiger partial charge in [-0.2, -0.15) is 12.6 Å². The summed E-state index contributed by atoms with van der Waals surface area (Å²) in [6.07, 6.45) is 4.22. The van der Waals surface area contributed by atoms with Crippen LogP contribution >= 0.6 is 12.6 Å². The molecule has 0 aromatic heterocycles. The Bertz CT molecular complexity index is 88.6. The summed E-state index contributed by atoms with van der Waals surface area (Å²) in [6.45, 7) is 4.54. The Morgan fingerprint density at radius 2 is 2.22 bits per heavy atom. The van der Waals surface area contributed by atoms with Gasteiger partial charge in [-0.15, -0.1) is 0 Å². The highest BCUT2D eigenvalue weighted by Crippen LogP contribution is 2.37. The molecule has 54 valence electrons. The Morgan fingerprint density at radius 1 is 1.56 bits per heavy atom. The summed E-state index contributed by atoms with van der Waals surface area (Å²) in [5, 5.41) is 0.609. The van der Waals surface area contributed by atoms with Gasteiger partial charge in [0.15, 0.2) is 0 Å². The molecular weight excluding hydrogens is 128 g/mol. The molecule has 1 heteroatoms. The summed E-state index contributed by atoms with van der Waals surface area (Å²) >= 11 is 4.37. The van der Waals surface area contributed by atoms with E-state index in [1.54, 1.807) is 0 Å². The predicted molar refractivity (Wildman–Crippen MR) is 45.0 cm³/mol. The second-order valence-corrected chi connectivity index (χ2v) is 4.28. The molecule has 1 aliphatic carbocycles. The van der Waals surface area contributed by atoms with Gasteiger partial charge in [0, 0.05) is 0 Å². The van der Waals surface area contributed by atoms with E-state index < -0.39 is 0 Å². The molecule has 1 aliphatic rings. The zero-order chi connectivity index (χ0) is 6.85. The van der Waals surface area contributed by atoms with Gasteiger partial charge >= 0.3 is 0 Å². The van der Waals surface area contributed by atoms with Crippen LogP contribution in [0.1, 0.15) is 33.1 Å². The van der Waals surface area contributed by atoms with E-state index in [2.05, 4.69) is 26.5 Å². The zero-order valence-corrected chi connectivity index (χ0v) is 7.20. The lowest BCUT2D eigenvalue weighted by atomic mass is 9.73. The van der Waals surface area contributed by atoms with Gasteiger partial charge in [-0.25, -0.2) is 0 Å². The molecule has 0 spiro atoms. The summed E-state index contributed by atoms with van der Waals surface area (Å²) in [6, 6.07) is 0. The van der Waals surface area contributed by atoms with E-state index in [4.69, 9.17) is 0 Å². The smallest absolute Gasteiger partial charge is 0.000885 e. The van der Waals surface area contributed by atoms with Crippen LogP contribution in [0.25, 0.3) is 0 Å². The van der Waals surface area contributed by atoms with E-state index in [-0.39, 0.29) is 0 Å². The highest BCUT2D eigenvalue weighted by molar-refractivity contribution is 7.80. The molecule has 0 aromatic rings. The van der Waals surface area contributed by atoms with Gasteiger partial charge < -0.3 is 0 Å². The highest BCUT2D eigenvalue weighted by atomic mass is 32.1. The Kier molecular flexibility index (Phi) is 2.45. The fourth-order valence-corrected chi connectivity index (χ4v) is 1.79. The van der Waals surface area contributed by atoms with Crippen molar-refractivity contribution < 1.29 is 0 Å². The summed E-state index contributed by atoms with van der Waals surface area (Å²) < 4.78 is 0. The monoisotopic (exact) mass is 144 g/mol. The Morgan fingerprint density at radius 3 is 2.33 bits per heavy atom. The van der Waals surface area contributed by atoms with E-state index >= 15 is 0 Å². The maximum absolute atomic E-state index is 4.37. The maximum Gasteiger partial charge on any atom is -0.000885 e. The SMILES string of the molecule is CC(S)CC1CCC1C. The lowest BCUT2D eigenvalue weighted by Crippen LogP contribution is -2.24. The lowest BCUT2D eigenvalue weighted by molar-refractivity contribution is 0.184. The van der Waals surface area contributed by atoms with Crippen molar-refractivity contribution in [3.8, 4) is 0 Å². The van der Waals surface area contributed by atoms with Gasteiger partial charge in [-0.3, -0.25) is 0 Å². The van der Waals surface area contributed by atoms with Crippen molar-refractivity contribution in [1.82, 2.24) is 0 Å². The van der Waals surface area contributed by atoms with Crippen molar-refractivity contribution in [1.29, 1.82) is 0 Å². The van der Waals surface area contributed by atoms with Crippen molar-refractivity contribution >= 4 is 12.6 Å². The first-order valence-electron chi connectivity index (χ1n) is 3.88. The molecule has 1 saturated carbocycles. The molecule has 0 heterocycles. The van der Waals surface area contributed by atoms with Crippen LogP contribution in [-0.4, -0.2) is 5.25 Å². The highest BCUT2D eigenvalue weighted by Gasteiger charge is 2.26. The molecule has 3 atom stereocenters. The van der Waals surface area contributed by atoms with Gasteiger partial charge in [0.25, 0.3) is 0 Å². The summed E-state index contributed by atoms with van der Waals surface area (Å²) in [4.78, 5) is 0.